The van der Waals surface area contributed by atoms with Gasteiger partial charge in [-0.3, -0.25) is 0 Å². The summed E-state index contributed by atoms with van der Waals surface area (Å²) >= 11 is 0. The fraction of sp³-hybridized carbons (Fsp3) is 0.526. The smallest absolute Gasteiger partial charge is 0.317 e. The highest BCUT2D eigenvalue weighted by molar-refractivity contribution is 5.84. The van der Waals surface area contributed by atoms with Gasteiger partial charge in [0.15, 0.2) is 0 Å². The van der Waals surface area contributed by atoms with Gasteiger partial charge in [-0.25, -0.2) is 4.79 Å². The molecular weight excluding hydrogens is 318 g/mol. The van der Waals surface area contributed by atoms with E-state index in [0.29, 0.717) is 32.7 Å². The molecule has 1 aromatic carbocycles. The molecule has 2 amide bonds. The van der Waals surface area contributed by atoms with Gasteiger partial charge < -0.3 is 25.0 Å². The van der Waals surface area contributed by atoms with E-state index in [9.17, 15) is 9.90 Å². The number of benzene rings is 1. The van der Waals surface area contributed by atoms with Crippen LogP contribution in [0, 0.1) is 6.92 Å². The molecule has 1 fully saturated rings. The van der Waals surface area contributed by atoms with Crippen LogP contribution in [0.1, 0.15) is 24.6 Å². The lowest BCUT2D eigenvalue weighted by Crippen LogP contribution is -2.53. The molecule has 0 bridgehead atoms. The van der Waals surface area contributed by atoms with Crippen LogP contribution in [0.25, 0.3) is 10.9 Å². The molecular formula is C19H27N3O3. The predicted octanol–water partition coefficient (Wildman–Crippen LogP) is 2.20. The third-order valence-electron chi connectivity index (χ3n) is 4.78. The molecule has 2 heterocycles. The molecule has 3 rings (SSSR count). The Labute approximate surface area is 148 Å². The number of hydrogen-bond donors (Lipinski definition) is 3. The second kappa shape index (κ2) is 7.89. The third kappa shape index (κ3) is 4.14. The average molecular weight is 345 g/mol. The van der Waals surface area contributed by atoms with Crippen molar-refractivity contribution in [3.05, 3.63) is 35.5 Å². The molecule has 6 nitrogen and oxygen atoms in total. The summed E-state index contributed by atoms with van der Waals surface area (Å²) in [7, 11) is 0. The summed E-state index contributed by atoms with van der Waals surface area (Å²) in [6.45, 7) is 5.99. The van der Waals surface area contributed by atoms with Crippen molar-refractivity contribution in [2.24, 2.45) is 0 Å². The minimum atomic E-state index is -0.448. The van der Waals surface area contributed by atoms with E-state index in [1.54, 1.807) is 11.8 Å². The predicted molar refractivity (Wildman–Crippen MR) is 97.7 cm³/mol. The second-order valence-electron chi connectivity index (χ2n) is 6.76. The summed E-state index contributed by atoms with van der Waals surface area (Å²) in [4.78, 5) is 17.7. The number of morpholine rings is 1. The topological polar surface area (TPSA) is 77.6 Å². The molecule has 136 valence electrons. The number of aromatic nitrogens is 1. The number of para-hydroxylation sites is 1. The number of rotatable bonds is 5. The van der Waals surface area contributed by atoms with Crippen LogP contribution in [0.5, 0.6) is 0 Å². The average Bonchev–Trinajstić information content (AvgIpc) is 2.90. The minimum absolute atomic E-state index is 0.0661. The van der Waals surface area contributed by atoms with E-state index < -0.39 is 6.10 Å². The zero-order valence-electron chi connectivity index (χ0n) is 14.9. The van der Waals surface area contributed by atoms with Gasteiger partial charge in [0.1, 0.15) is 0 Å². The summed E-state index contributed by atoms with van der Waals surface area (Å²) in [5, 5.41) is 13.9. The highest BCUT2D eigenvalue weighted by Gasteiger charge is 2.28. The van der Waals surface area contributed by atoms with E-state index in [2.05, 4.69) is 29.4 Å². The maximum atomic E-state index is 12.5. The molecule has 0 aliphatic carbocycles. The second-order valence-corrected chi connectivity index (χ2v) is 6.76. The van der Waals surface area contributed by atoms with E-state index in [-0.39, 0.29) is 12.1 Å². The molecule has 1 saturated heterocycles. The number of aromatic amines is 1. The molecule has 0 radical (unpaired) electrons. The molecule has 0 unspecified atom stereocenters. The fourth-order valence-corrected chi connectivity index (χ4v) is 3.56. The number of aliphatic hydroxyl groups is 1. The monoisotopic (exact) mass is 345 g/mol. The first-order valence-electron chi connectivity index (χ1n) is 8.92. The Morgan fingerprint density at radius 1 is 1.48 bits per heavy atom. The maximum absolute atomic E-state index is 12.5. The molecule has 1 aliphatic heterocycles. The largest absolute Gasteiger partial charge is 0.393 e. The summed E-state index contributed by atoms with van der Waals surface area (Å²) in [5.41, 5.74) is 3.53. The number of nitrogens with one attached hydrogen (secondary N) is 2. The van der Waals surface area contributed by atoms with E-state index in [1.807, 2.05) is 12.1 Å². The Morgan fingerprint density at radius 3 is 3.08 bits per heavy atom. The summed E-state index contributed by atoms with van der Waals surface area (Å²) in [5.74, 6) is 0. The number of amides is 2. The number of fused-ring (bicyclic) bond motifs is 1. The first kappa shape index (κ1) is 17.8. The molecule has 25 heavy (non-hydrogen) atoms. The number of aliphatic hydroxyl groups excluding tert-OH is 1. The van der Waals surface area contributed by atoms with Gasteiger partial charge in [-0.1, -0.05) is 18.2 Å². The van der Waals surface area contributed by atoms with Gasteiger partial charge in [0.25, 0.3) is 0 Å². The molecule has 6 heteroatoms. The van der Waals surface area contributed by atoms with Crippen LogP contribution in [-0.2, 0) is 11.2 Å². The molecule has 2 atom stereocenters. The van der Waals surface area contributed by atoms with Crippen molar-refractivity contribution in [1.82, 2.24) is 15.2 Å². The number of carbonyl (C=O) groups is 1. The zero-order valence-corrected chi connectivity index (χ0v) is 14.9. The Morgan fingerprint density at radius 2 is 2.28 bits per heavy atom. The number of aryl methyl sites for hydroxylation is 1. The zero-order chi connectivity index (χ0) is 17.8. The van der Waals surface area contributed by atoms with Crippen molar-refractivity contribution in [2.75, 3.05) is 26.3 Å². The van der Waals surface area contributed by atoms with Crippen molar-refractivity contribution < 1.29 is 14.6 Å². The van der Waals surface area contributed by atoms with Crippen molar-refractivity contribution in [1.29, 1.82) is 0 Å². The Kier molecular flexibility index (Phi) is 5.60. The number of H-pyrrole nitrogens is 1. The van der Waals surface area contributed by atoms with E-state index in [4.69, 9.17) is 4.74 Å². The fourth-order valence-electron chi connectivity index (χ4n) is 3.56. The standard InChI is InChI=1S/C19H27N3O3/c1-13(23)11-15-12-25-10-9-22(15)19(24)20-8-7-16-14(2)21-18-6-4-3-5-17(16)18/h3-6,13,15,21,23H,7-12H2,1-2H3,(H,20,24)/t13-,15-/m1/s1. The number of urea groups is 1. The van der Waals surface area contributed by atoms with Crippen molar-refractivity contribution >= 4 is 16.9 Å². The van der Waals surface area contributed by atoms with Gasteiger partial charge in [0.2, 0.25) is 0 Å². The van der Waals surface area contributed by atoms with Crippen LogP contribution in [-0.4, -0.2) is 59.5 Å². The SMILES string of the molecule is Cc1[nH]c2ccccc2c1CCNC(=O)N1CCOC[C@H]1C[C@@H](C)O. The van der Waals surface area contributed by atoms with E-state index >= 15 is 0 Å². The quantitative estimate of drug-likeness (QED) is 0.777. The Hall–Kier alpha value is -2.05. The molecule has 2 aromatic rings. The van der Waals surface area contributed by atoms with Gasteiger partial charge in [-0.05, 0) is 38.3 Å². The van der Waals surface area contributed by atoms with Crippen LogP contribution < -0.4 is 5.32 Å². The Bertz CT molecular complexity index is 726. The number of carbonyl (C=O) groups excluding carboxylic acids is 1. The third-order valence-corrected chi connectivity index (χ3v) is 4.78. The van der Waals surface area contributed by atoms with Crippen molar-refractivity contribution in [3.8, 4) is 0 Å². The number of nitrogens with zero attached hydrogens (tertiary/aromatic N) is 1. The first-order chi connectivity index (χ1) is 12.1. The minimum Gasteiger partial charge on any atom is -0.393 e. The molecule has 3 N–H and O–H groups in total. The summed E-state index contributed by atoms with van der Waals surface area (Å²) in [6, 6.07) is 8.08. The molecule has 1 aliphatic rings. The molecule has 0 spiro atoms. The van der Waals surface area contributed by atoms with Gasteiger partial charge in [0, 0.05) is 29.7 Å². The van der Waals surface area contributed by atoms with Crippen LogP contribution in [0.4, 0.5) is 4.79 Å². The van der Waals surface area contributed by atoms with Crippen molar-refractivity contribution in [2.45, 2.75) is 38.8 Å². The highest BCUT2D eigenvalue weighted by atomic mass is 16.5. The number of hydrogen-bond acceptors (Lipinski definition) is 3. The van der Waals surface area contributed by atoms with Gasteiger partial charge >= 0.3 is 6.03 Å². The van der Waals surface area contributed by atoms with Gasteiger partial charge in [0.05, 0.1) is 25.4 Å². The van der Waals surface area contributed by atoms with Gasteiger partial charge in [-0.2, -0.15) is 0 Å². The van der Waals surface area contributed by atoms with Crippen LogP contribution in [0.15, 0.2) is 24.3 Å². The normalized spacial score (nSPS) is 19.2. The van der Waals surface area contributed by atoms with E-state index in [1.165, 1.54) is 10.9 Å². The number of ether oxygens (including phenoxy) is 1. The lowest BCUT2D eigenvalue weighted by molar-refractivity contribution is -0.00425. The Balaban J connectivity index is 1.59. The molecule has 0 saturated carbocycles. The highest BCUT2D eigenvalue weighted by Crippen LogP contribution is 2.22. The summed E-state index contributed by atoms with van der Waals surface area (Å²) < 4.78 is 5.45. The van der Waals surface area contributed by atoms with E-state index in [0.717, 1.165) is 17.6 Å². The lowest BCUT2D eigenvalue weighted by Gasteiger charge is -2.36. The van der Waals surface area contributed by atoms with Crippen LogP contribution >= 0.6 is 0 Å². The van der Waals surface area contributed by atoms with Crippen molar-refractivity contribution in [3.63, 3.8) is 0 Å². The van der Waals surface area contributed by atoms with Crippen LogP contribution in [0.2, 0.25) is 0 Å². The van der Waals surface area contributed by atoms with Gasteiger partial charge in [-0.15, -0.1) is 0 Å². The maximum Gasteiger partial charge on any atom is 0.317 e. The van der Waals surface area contributed by atoms with Crippen LogP contribution in [0.3, 0.4) is 0 Å². The lowest BCUT2D eigenvalue weighted by atomic mass is 10.1. The molecule has 1 aromatic heterocycles. The summed E-state index contributed by atoms with van der Waals surface area (Å²) in [6.07, 6.45) is 0.873. The first-order valence-corrected chi connectivity index (χ1v) is 8.92.